The first-order chi connectivity index (χ1) is 11.7. The molecule has 0 aliphatic heterocycles. The topological polar surface area (TPSA) is 159 Å². The first-order valence-electron chi connectivity index (χ1n) is 6.98. The molecule has 11 heteroatoms. The fraction of sp³-hybridized carbons (Fsp3) is 0.357. The van der Waals surface area contributed by atoms with Crippen molar-refractivity contribution in [3.05, 3.63) is 24.3 Å². The first kappa shape index (κ1) is 20.5. The van der Waals surface area contributed by atoms with Crippen molar-refractivity contribution in [2.75, 3.05) is 12.9 Å². The average Bonchev–Trinajstić information content (AvgIpc) is 2.59. The quantitative estimate of drug-likeness (QED) is 0.228. The molecule has 1 aromatic rings. The van der Waals surface area contributed by atoms with Gasteiger partial charge in [0.25, 0.3) is 5.91 Å². The molecule has 0 aromatic heterocycles. The molecule has 2 atom stereocenters. The van der Waals surface area contributed by atoms with Gasteiger partial charge in [0.1, 0.15) is 24.1 Å². The number of benzene rings is 1. The maximum absolute atomic E-state index is 12.4. The van der Waals surface area contributed by atoms with Gasteiger partial charge in [-0.3, -0.25) is 20.1 Å². The number of aliphatic carboxylic acids is 1. The van der Waals surface area contributed by atoms with Gasteiger partial charge in [-0.05, 0) is 24.3 Å². The maximum atomic E-state index is 12.4. The Morgan fingerprint density at radius 3 is 2.28 bits per heavy atom. The normalized spacial score (nSPS) is 13.5. The van der Waals surface area contributed by atoms with Crippen molar-refractivity contribution in [2.24, 2.45) is 0 Å². The summed E-state index contributed by atoms with van der Waals surface area (Å²) >= 11 is 0. The summed E-state index contributed by atoms with van der Waals surface area (Å²) in [4.78, 5) is 33.2. The van der Waals surface area contributed by atoms with E-state index in [1.807, 2.05) is 0 Å². The second-order valence-corrected chi connectivity index (χ2v) is 6.98. The van der Waals surface area contributed by atoms with Crippen LogP contribution in [0.25, 0.3) is 0 Å². The molecule has 1 rings (SSSR count). The minimum Gasteiger partial charge on any atom is -0.497 e. The largest absolute Gasteiger partial charge is 0.497 e. The van der Waals surface area contributed by atoms with Gasteiger partial charge in [0, 0.05) is 6.42 Å². The van der Waals surface area contributed by atoms with Crippen LogP contribution in [-0.2, 0) is 24.2 Å². The van der Waals surface area contributed by atoms with E-state index in [1.165, 1.54) is 36.9 Å². The summed E-state index contributed by atoms with van der Waals surface area (Å²) in [5, 5.41) is 20.0. The van der Waals surface area contributed by atoms with Crippen molar-refractivity contribution >= 4 is 28.0 Å². The predicted molar refractivity (Wildman–Crippen MR) is 84.0 cm³/mol. The van der Waals surface area contributed by atoms with E-state index in [2.05, 4.69) is 5.32 Å². The summed E-state index contributed by atoms with van der Waals surface area (Å²) in [6.45, 7) is 0. The molecule has 138 valence electrons. The monoisotopic (exact) mass is 374 g/mol. The summed E-state index contributed by atoms with van der Waals surface area (Å²) in [7, 11) is -2.59. The van der Waals surface area contributed by atoms with Crippen LogP contribution >= 0.6 is 0 Å². The number of sulfone groups is 1. The van der Waals surface area contributed by atoms with E-state index in [1.54, 1.807) is 0 Å². The number of ether oxygens (including phenoxy) is 1. The van der Waals surface area contributed by atoms with E-state index in [4.69, 9.17) is 15.1 Å². The number of rotatable bonds is 10. The van der Waals surface area contributed by atoms with Crippen LogP contribution in [0.2, 0.25) is 0 Å². The van der Waals surface area contributed by atoms with Gasteiger partial charge in [-0.2, -0.15) is 0 Å². The second kappa shape index (κ2) is 9.11. The Bertz CT molecular complexity index is 717. The molecule has 0 fully saturated rings. The van der Waals surface area contributed by atoms with Gasteiger partial charge >= 0.3 is 5.97 Å². The summed E-state index contributed by atoms with van der Waals surface area (Å²) in [5.41, 5.74) is 1.28. The number of nitrogens with one attached hydrogen (secondary N) is 2. The molecule has 0 bridgehead atoms. The standard InChI is InChI=1S/C14H18N2O8S/c1-24-9-2-4-10(5-3-9)25(22,23)8-12(13(18)16-21)15-11(6-7-17)14(19)20/h2-5,7,11-12,15,21H,6,8H2,1H3,(H,16,18)(H,19,20). The molecule has 2 unspecified atom stereocenters. The third-order valence-electron chi connectivity index (χ3n) is 3.26. The highest BCUT2D eigenvalue weighted by molar-refractivity contribution is 7.91. The Morgan fingerprint density at radius 2 is 1.84 bits per heavy atom. The molecule has 4 N–H and O–H groups in total. The van der Waals surface area contributed by atoms with Gasteiger partial charge in [0.2, 0.25) is 0 Å². The highest BCUT2D eigenvalue weighted by Crippen LogP contribution is 2.17. The second-order valence-electron chi connectivity index (χ2n) is 4.95. The number of aldehydes is 1. The molecule has 1 aromatic carbocycles. The third-order valence-corrected chi connectivity index (χ3v) is 5.03. The van der Waals surface area contributed by atoms with E-state index < -0.39 is 46.0 Å². The Balaban J connectivity index is 3.04. The first-order valence-corrected chi connectivity index (χ1v) is 8.63. The molecule has 0 spiro atoms. The van der Waals surface area contributed by atoms with Crippen LogP contribution in [0.15, 0.2) is 29.2 Å². The van der Waals surface area contributed by atoms with Crippen molar-refractivity contribution in [1.29, 1.82) is 0 Å². The van der Waals surface area contributed by atoms with E-state index >= 15 is 0 Å². The Morgan fingerprint density at radius 1 is 1.24 bits per heavy atom. The number of amides is 1. The van der Waals surface area contributed by atoms with Crippen molar-refractivity contribution in [1.82, 2.24) is 10.8 Å². The number of hydrogen-bond donors (Lipinski definition) is 4. The van der Waals surface area contributed by atoms with E-state index in [0.717, 1.165) is 0 Å². The molecular weight excluding hydrogens is 356 g/mol. The minimum atomic E-state index is -4.00. The van der Waals surface area contributed by atoms with Crippen molar-refractivity contribution in [2.45, 2.75) is 23.4 Å². The van der Waals surface area contributed by atoms with E-state index in [-0.39, 0.29) is 4.90 Å². The minimum absolute atomic E-state index is 0.117. The lowest BCUT2D eigenvalue weighted by atomic mass is 10.2. The molecule has 1 amide bonds. The molecule has 10 nitrogen and oxygen atoms in total. The van der Waals surface area contributed by atoms with E-state index in [0.29, 0.717) is 12.0 Å². The average molecular weight is 374 g/mol. The third kappa shape index (κ3) is 5.81. The highest BCUT2D eigenvalue weighted by Gasteiger charge is 2.31. The van der Waals surface area contributed by atoms with Crippen LogP contribution in [0.1, 0.15) is 6.42 Å². The lowest BCUT2D eigenvalue weighted by Gasteiger charge is -2.20. The van der Waals surface area contributed by atoms with Crippen LogP contribution in [0.5, 0.6) is 5.75 Å². The van der Waals surface area contributed by atoms with Gasteiger partial charge in [0.05, 0.1) is 17.8 Å². The van der Waals surface area contributed by atoms with Gasteiger partial charge in [-0.15, -0.1) is 0 Å². The molecule has 0 radical (unpaired) electrons. The fourth-order valence-corrected chi connectivity index (χ4v) is 3.38. The molecule has 0 heterocycles. The SMILES string of the molecule is COc1ccc(S(=O)(=O)CC(NC(CC=O)C(=O)O)C(=O)NO)cc1. The lowest BCUT2D eigenvalue weighted by molar-refractivity contribution is -0.141. The van der Waals surface area contributed by atoms with Crippen LogP contribution in [0.4, 0.5) is 0 Å². The number of hydrogen-bond acceptors (Lipinski definition) is 8. The Kier molecular flexibility index (Phi) is 7.48. The number of methoxy groups -OCH3 is 1. The van der Waals surface area contributed by atoms with Crippen molar-refractivity contribution < 1.29 is 37.9 Å². The maximum Gasteiger partial charge on any atom is 0.321 e. The molecule has 0 saturated carbocycles. The fourth-order valence-electron chi connectivity index (χ4n) is 1.96. The zero-order valence-corrected chi connectivity index (χ0v) is 14.0. The van der Waals surface area contributed by atoms with E-state index in [9.17, 15) is 22.8 Å². The predicted octanol–water partition coefficient (Wildman–Crippen LogP) is -1.03. The molecule has 0 aliphatic rings. The number of carboxylic acid groups (broad SMARTS) is 1. The number of carbonyl (C=O) groups excluding carboxylic acids is 2. The number of carbonyl (C=O) groups is 3. The summed E-state index contributed by atoms with van der Waals surface area (Å²) in [5.74, 6) is -2.98. The van der Waals surface area contributed by atoms with Gasteiger partial charge in [-0.25, -0.2) is 13.9 Å². The number of hydroxylamine groups is 1. The van der Waals surface area contributed by atoms with Gasteiger partial charge in [-0.1, -0.05) is 0 Å². The zero-order chi connectivity index (χ0) is 19.0. The van der Waals surface area contributed by atoms with Crippen LogP contribution in [-0.4, -0.2) is 61.8 Å². The zero-order valence-electron chi connectivity index (χ0n) is 13.2. The summed E-state index contributed by atoms with van der Waals surface area (Å²) < 4.78 is 29.7. The Hall–Kier alpha value is -2.50. The lowest BCUT2D eigenvalue weighted by Crippen LogP contribution is -2.53. The number of carboxylic acids is 1. The molecule has 25 heavy (non-hydrogen) atoms. The van der Waals surface area contributed by atoms with Crippen LogP contribution in [0, 0.1) is 0 Å². The highest BCUT2D eigenvalue weighted by atomic mass is 32.2. The van der Waals surface area contributed by atoms with Gasteiger partial charge < -0.3 is 14.6 Å². The Labute approximate surface area is 143 Å². The molecule has 0 aliphatic carbocycles. The molecular formula is C14H18N2O8S. The van der Waals surface area contributed by atoms with Crippen molar-refractivity contribution in [3.8, 4) is 5.75 Å². The summed E-state index contributed by atoms with van der Waals surface area (Å²) in [6.07, 6.45) is -0.162. The molecule has 0 saturated heterocycles. The van der Waals surface area contributed by atoms with Gasteiger partial charge in [0.15, 0.2) is 9.84 Å². The summed E-state index contributed by atoms with van der Waals surface area (Å²) in [6, 6.07) is 2.29. The van der Waals surface area contributed by atoms with Crippen molar-refractivity contribution in [3.63, 3.8) is 0 Å². The smallest absolute Gasteiger partial charge is 0.321 e. The van der Waals surface area contributed by atoms with Crippen LogP contribution < -0.4 is 15.5 Å². The van der Waals surface area contributed by atoms with Crippen LogP contribution in [0.3, 0.4) is 0 Å².